The van der Waals surface area contributed by atoms with E-state index in [2.05, 4.69) is 17.2 Å². The minimum absolute atomic E-state index is 0.0283. The van der Waals surface area contributed by atoms with Crippen LogP contribution in [0.4, 0.5) is 4.39 Å². The third-order valence-corrected chi connectivity index (χ3v) is 4.20. The molecule has 4 nitrogen and oxygen atoms in total. The fourth-order valence-corrected chi connectivity index (χ4v) is 2.81. The number of nitrogens with two attached hydrogens (primary N) is 1. The van der Waals surface area contributed by atoms with Crippen LogP contribution < -0.4 is 11.1 Å². The molecule has 0 bridgehead atoms. The van der Waals surface area contributed by atoms with Gasteiger partial charge in [-0.2, -0.15) is 0 Å². The van der Waals surface area contributed by atoms with E-state index in [0.717, 1.165) is 31.9 Å². The number of aromatic nitrogens is 1. The van der Waals surface area contributed by atoms with Gasteiger partial charge in [0.05, 0.1) is 17.3 Å². The highest BCUT2D eigenvalue weighted by molar-refractivity contribution is 5.94. The summed E-state index contributed by atoms with van der Waals surface area (Å²) in [5.74, 6) is -0.699. The molecule has 1 aromatic heterocycles. The van der Waals surface area contributed by atoms with Crippen molar-refractivity contribution in [2.75, 3.05) is 6.54 Å². The Morgan fingerprint density at radius 3 is 3.05 bits per heavy atom. The van der Waals surface area contributed by atoms with Gasteiger partial charge in [-0.05, 0) is 24.8 Å². The zero-order valence-corrected chi connectivity index (χ0v) is 11.2. The third kappa shape index (κ3) is 2.76. The fraction of sp³-hybridized carbons (Fsp3) is 0.571. The van der Waals surface area contributed by atoms with Crippen LogP contribution in [0.25, 0.3) is 0 Å². The molecule has 0 aromatic carbocycles. The highest BCUT2D eigenvalue weighted by atomic mass is 19.1. The average molecular weight is 265 g/mol. The fourth-order valence-electron chi connectivity index (χ4n) is 2.81. The normalized spacial score (nSPS) is 27.0. The van der Waals surface area contributed by atoms with Crippen molar-refractivity contribution in [3.63, 3.8) is 0 Å². The van der Waals surface area contributed by atoms with Gasteiger partial charge in [0, 0.05) is 12.7 Å². The molecule has 2 rings (SSSR count). The summed E-state index contributed by atoms with van der Waals surface area (Å²) < 4.78 is 13.6. The molecule has 0 aliphatic heterocycles. The molecule has 104 valence electrons. The number of hydrogen-bond donors (Lipinski definition) is 2. The molecule has 1 aromatic rings. The van der Waals surface area contributed by atoms with Gasteiger partial charge in [-0.25, -0.2) is 4.39 Å². The van der Waals surface area contributed by atoms with E-state index in [0.29, 0.717) is 12.5 Å². The number of amides is 1. The van der Waals surface area contributed by atoms with Crippen LogP contribution in [0.5, 0.6) is 0 Å². The molecule has 0 spiro atoms. The lowest BCUT2D eigenvalue weighted by atomic mass is 9.73. The maximum atomic E-state index is 13.6. The highest BCUT2D eigenvalue weighted by Gasteiger charge is 2.38. The number of rotatable bonds is 3. The van der Waals surface area contributed by atoms with Crippen LogP contribution in [0.15, 0.2) is 18.5 Å². The molecule has 19 heavy (non-hydrogen) atoms. The second kappa shape index (κ2) is 5.65. The summed E-state index contributed by atoms with van der Waals surface area (Å²) in [6, 6.07) is 1.39. The molecule has 0 saturated heterocycles. The van der Waals surface area contributed by atoms with Gasteiger partial charge in [-0.3, -0.25) is 9.78 Å². The van der Waals surface area contributed by atoms with Crippen molar-refractivity contribution >= 4 is 5.91 Å². The van der Waals surface area contributed by atoms with E-state index in [1.54, 1.807) is 0 Å². The molecular weight excluding hydrogens is 245 g/mol. The van der Waals surface area contributed by atoms with Crippen molar-refractivity contribution in [1.82, 2.24) is 10.3 Å². The molecule has 1 saturated carbocycles. The summed E-state index contributed by atoms with van der Waals surface area (Å²) in [4.78, 5) is 15.9. The van der Waals surface area contributed by atoms with Crippen LogP contribution in [-0.2, 0) is 0 Å². The van der Waals surface area contributed by atoms with Gasteiger partial charge < -0.3 is 11.1 Å². The zero-order valence-electron chi connectivity index (χ0n) is 11.2. The Hall–Kier alpha value is -1.49. The smallest absolute Gasteiger partial charge is 0.254 e. The monoisotopic (exact) mass is 265 g/mol. The predicted molar refractivity (Wildman–Crippen MR) is 71.1 cm³/mol. The maximum Gasteiger partial charge on any atom is 0.254 e. The number of hydrogen-bond acceptors (Lipinski definition) is 3. The van der Waals surface area contributed by atoms with Gasteiger partial charge >= 0.3 is 0 Å². The second-order valence-electron chi connectivity index (χ2n) is 5.32. The summed E-state index contributed by atoms with van der Waals surface area (Å²) in [6.07, 6.45) is 6.55. The minimum Gasteiger partial charge on any atom is -0.345 e. The quantitative estimate of drug-likeness (QED) is 0.876. The van der Waals surface area contributed by atoms with Gasteiger partial charge in [-0.1, -0.05) is 19.8 Å². The van der Waals surface area contributed by atoms with E-state index < -0.39 is 17.3 Å². The number of halogens is 1. The Balaban J connectivity index is 2.19. The molecule has 2 unspecified atom stereocenters. The van der Waals surface area contributed by atoms with Crippen LogP contribution in [0.3, 0.4) is 0 Å². The van der Waals surface area contributed by atoms with Gasteiger partial charge in [-0.15, -0.1) is 0 Å². The van der Waals surface area contributed by atoms with Gasteiger partial charge in [0.1, 0.15) is 0 Å². The van der Waals surface area contributed by atoms with Crippen LogP contribution in [0, 0.1) is 11.7 Å². The number of pyridine rings is 1. The molecule has 1 aliphatic rings. The van der Waals surface area contributed by atoms with Crippen molar-refractivity contribution in [2.45, 2.75) is 38.1 Å². The van der Waals surface area contributed by atoms with Crippen LogP contribution in [0.2, 0.25) is 0 Å². The van der Waals surface area contributed by atoms with Crippen LogP contribution in [-0.4, -0.2) is 23.0 Å². The Morgan fingerprint density at radius 2 is 2.42 bits per heavy atom. The van der Waals surface area contributed by atoms with Crippen molar-refractivity contribution in [3.8, 4) is 0 Å². The first kappa shape index (κ1) is 13.9. The number of nitrogens with one attached hydrogen (secondary N) is 1. The summed E-state index contributed by atoms with van der Waals surface area (Å²) in [7, 11) is 0. The molecular formula is C14H20FN3O. The summed E-state index contributed by atoms with van der Waals surface area (Å²) in [5, 5.41) is 2.96. The second-order valence-corrected chi connectivity index (χ2v) is 5.32. The summed E-state index contributed by atoms with van der Waals surface area (Å²) >= 11 is 0. The van der Waals surface area contributed by atoms with Crippen LogP contribution >= 0.6 is 0 Å². The lowest BCUT2D eigenvalue weighted by Gasteiger charge is -2.42. The Bertz CT molecular complexity index is 466. The Kier molecular flexibility index (Phi) is 4.14. The highest BCUT2D eigenvalue weighted by Crippen LogP contribution is 2.33. The van der Waals surface area contributed by atoms with Gasteiger partial charge in [0.2, 0.25) is 0 Å². The molecule has 3 N–H and O–H groups in total. The largest absolute Gasteiger partial charge is 0.345 e. The Morgan fingerprint density at radius 1 is 1.63 bits per heavy atom. The first-order chi connectivity index (χ1) is 9.09. The van der Waals surface area contributed by atoms with Crippen molar-refractivity contribution in [1.29, 1.82) is 0 Å². The van der Waals surface area contributed by atoms with Crippen molar-refractivity contribution in [3.05, 3.63) is 29.8 Å². The Labute approximate surface area is 112 Å². The minimum atomic E-state index is -0.601. The first-order valence-electron chi connectivity index (χ1n) is 6.71. The van der Waals surface area contributed by atoms with E-state index in [-0.39, 0.29) is 5.56 Å². The molecule has 5 heteroatoms. The number of carbonyl (C=O) groups excluding carboxylic acids is 1. The van der Waals surface area contributed by atoms with E-state index >= 15 is 0 Å². The van der Waals surface area contributed by atoms with E-state index in [4.69, 9.17) is 5.73 Å². The van der Waals surface area contributed by atoms with Crippen molar-refractivity contribution < 1.29 is 9.18 Å². The maximum absolute atomic E-state index is 13.6. The summed E-state index contributed by atoms with van der Waals surface area (Å²) in [6.45, 7) is 2.47. The first-order valence-corrected chi connectivity index (χ1v) is 6.71. The van der Waals surface area contributed by atoms with Gasteiger partial charge in [0.25, 0.3) is 5.91 Å². The SMILES string of the molecule is CC1CCCCC1(CN)NC(=O)c1ccncc1F. The zero-order chi connectivity index (χ0) is 13.9. The standard InChI is InChI=1S/C14H20FN3O/c1-10-4-2-3-6-14(10,9-16)18-13(19)11-5-7-17-8-12(11)15/h5,7-8,10H,2-4,6,9,16H2,1H3,(H,18,19). The number of carbonyl (C=O) groups is 1. The molecule has 2 atom stereocenters. The third-order valence-electron chi connectivity index (χ3n) is 4.20. The molecule has 0 radical (unpaired) electrons. The van der Waals surface area contributed by atoms with E-state index in [1.807, 2.05) is 0 Å². The van der Waals surface area contributed by atoms with E-state index in [9.17, 15) is 9.18 Å². The number of nitrogens with zero attached hydrogens (tertiary/aromatic N) is 1. The molecule has 1 amide bonds. The predicted octanol–water partition coefficient (Wildman–Crippen LogP) is 1.86. The lowest BCUT2D eigenvalue weighted by Crippen LogP contribution is -2.59. The molecule has 1 heterocycles. The summed E-state index contributed by atoms with van der Waals surface area (Å²) in [5.41, 5.74) is 5.49. The lowest BCUT2D eigenvalue weighted by molar-refractivity contribution is 0.0808. The molecule has 1 aliphatic carbocycles. The molecule has 1 fully saturated rings. The van der Waals surface area contributed by atoms with Crippen molar-refractivity contribution in [2.24, 2.45) is 11.7 Å². The van der Waals surface area contributed by atoms with Crippen LogP contribution in [0.1, 0.15) is 43.0 Å². The average Bonchev–Trinajstić information content (AvgIpc) is 2.42. The topological polar surface area (TPSA) is 68.0 Å². The van der Waals surface area contributed by atoms with E-state index in [1.165, 1.54) is 12.3 Å². The van der Waals surface area contributed by atoms with Gasteiger partial charge in [0.15, 0.2) is 5.82 Å².